The molecule has 0 radical (unpaired) electrons. The Labute approximate surface area is 118 Å². The number of nitrogens with two attached hydrogens (primary N) is 1. The largest absolute Gasteiger partial charge is 0.484 e. The lowest BCUT2D eigenvalue weighted by Gasteiger charge is -2.18. The molecule has 1 heterocycles. The van der Waals surface area contributed by atoms with Crippen molar-refractivity contribution >= 4 is 11.6 Å². The minimum atomic E-state index is -0.243. The van der Waals surface area contributed by atoms with Crippen molar-refractivity contribution in [1.29, 1.82) is 0 Å². The van der Waals surface area contributed by atoms with Crippen molar-refractivity contribution in [2.75, 3.05) is 25.4 Å². The van der Waals surface area contributed by atoms with Crippen molar-refractivity contribution in [2.45, 2.75) is 18.9 Å². The highest BCUT2D eigenvalue weighted by Crippen LogP contribution is 2.38. The van der Waals surface area contributed by atoms with Crippen molar-refractivity contribution in [2.24, 2.45) is 11.8 Å². The maximum Gasteiger partial charge on any atom is 0.260 e. The van der Waals surface area contributed by atoms with E-state index >= 15 is 0 Å². The van der Waals surface area contributed by atoms with Crippen molar-refractivity contribution in [3.05, 3.63) is 24.3 Å². The third-order valence-corrected chi connectivity index (χ3v) is 4.39. The Morgan fingerprint density at radius 2 is 2.25 bits per heavy atom. The molecule has 0 spiro atoms. The lowest BCUT2D eigenvalue weighted by Crippen LogP contribution is -2.34. The van der Waals surface area contributed by atoms with Gasteiger partial charge in [0.25, 0.3) is 5.91 Å². The lowest BCUT2D eigenvalue weighted by molar-refractivity contribution is -0.132. The molecule has 2 aliphatic rings. The number of hydrogen-bond acceptors (Lipinski definition) is 4. The number of ether oxygens (including phenoxy) is 1. The molecule has 5 heteroatoms. The van der Waals surface area contributed by atoms with Gasteiger partial charge in [0.2, 0.25) is 0 Å². The van der Waals surface area contributed by atoms with Gasteiger partial charge in [0, 0.05) is 30.8 Å². The third kappa shape index (κ3) is 2.58. The van der Waals surface area contributed by atoms with Gasteiger partial charge < -0.3 is 20.5 Å². The molecule has 2 fully saturated rings. The van der Waals surface area contributed by atoms with Gasteiger partial charge in [-0.25, -0.2) is 0 Å². The zero-order valence-corrected chi connectivity index (χ0v) is 11.4. The maximum atomic E-state index is 12.1. The zero-order valence-electron chi connectivity index (χ0n) is 11.4. The highest BCUT2D eigenvalue weighted by atomic mass is 16.5. The molecule has 5 nitrogen and oxygen atoms in total. The van der Waals surface area contributed by atoms with Gasteiger partial charge in [-0.2, -0.15) is 0 Å². The van der Waals surface area contributed by atoms with E-state index in [1.165, 1.54) is 0 Å². The van der Waals surface area contributed by atoms with E-state index in [1.807, 2.05) is 4.90 Å². The van der Waals surface area contributed by atoms with Crippen molar-refractivity contribution < 1.29 is 14.6 Å². The molecule has 3 unspecified atom stereocenters. The summed E-state index contributed by atoms with van der Waals surface area (Å²) in [4.78, 5) is 13.9. The predicted octanol–water partition coefficient (Wildman–Crippen LogP) is 0.877. The normalized spacial score (nSPS) is 28.4. The molecular formula is C15H20N2O3. The van der Waals surface area contributed by atoms with Crippen LogP contribution >= 0.6 is 0 Å². The van der Waals surface area contributed by atoms with E-state index in [0.717, 1.165) is 19.4 Å². The van der Waals surface area contributed by atoms with Gasteiger partial charge >= 0.3 is 0 Å². The Balaban J connectivity index is 1.53. The molecule has 20 heavy (non-hydrogen) atoms. The number of fused-ring (bicyclic) bond motifs is 1. The number of rotatable bonds is 3. The SMILES string of the molecule is Nc1cccc(OCC(=O)N2CC3CCC(O)C3C2)c1. The Kier molecular flexibility index (Phi) is 3.53. The average Bonchev–Trinajstić information content (AvgIpc) is 2.99. The zero-order chi connectivity index (χ0) is 14.1. The molecule has 1 aromatic carbocycles. The van der Waals surface area contributed by atoms with Crippen LogP contribution < -0.4 is 10.5 Å². The molecular weight excluding hydrogens is 256 g/mol. The summed E-state index contributed by atoms with van der Waals surface area (Å²) in [7, 11) is 0. The topological polar surface area (TPSA) is 75.8 Å². The number of nitrogens with zero attached hydrogens (tertiary/aromatic N) is 1. The number of aliphatic hydroxyl groups is 1. The molecule has 3 atom stereocenters. The second-order valence-corrected chi connectivity index (χ2v) is 5.73. The number of aliphatic hydroxyl groups excluding tert-OH is 1. The Morgan fingerprint density at radius 1 is 1.40 bits per heavy atom. The third-order valence-electron chi connectivity index (χ3n) is 4.39. The van der Waals surface area contributed by atoms with Crippen LogP contribution in [0.25, 0.3) is 0 Å². The monoisotopic (exact) mass is 276 g/mol. The van der Waals surface area contributed by atoms with Crippen molar-refractivity contribution in [3.63, 3.8) is 0 Å². The summed E-state index contributed by atoms with van der Waals surface area (Å²) in [6.07, 6.45) is 1.65. The number of carbonyl (C=O) groups excluding carboxylic acids is 1. The molecule has 108 valence electrons. The van der Waals surface area contributed by atoms with Gasteiger partial charge in [-0.05, 0) is 30.9 Å². The van der Waals surface area contributed by atoms with Crippen LogP contribution in [0.15, 0.2) is 24.3 Å². The van der Waals surface area contributed by atoms with Crippen LogP contribution in [-0.4, -0.2) is 41.7 Å². The summed E-state index contributed by atoms with van der Waals surface area (Å²) < 4.78 is 5.48. The molecule has 1 saturated carbocycles. The standard InChI is InChI=1S/C15H20N2O3/c16-11-2-1-3-12(6-11)20-9-15(19)17-7-10-4-5-14(18)13(10)8-17/h1-3,6,10,13-14,18H,4-5,7-9,16H2. The average molecular weight is 276 g/mol. The van der Waals surface area contributed by atoms with Gasteiger partial charge in [0.1, 0.15) is 5.75 Å². The van der Waals surface area contributed by atoms with Crippen LogP contribution in [0, 0.1) is 11.8 Å². The fourth-order valence-electron chi connectivity index (χ4n) is 3.28. The summed E-state index contributed by atoms with van der Waals surface area (Å²) in [6.45, 7) is 1.44. The molecule has 1 amide bonds. The molecule has 0 bridgehead atoms. The number of anilines is 1. The molecule has 1 saturated heterocycles. The minimum Gasteiger partial charge on any atom is -0.484 e. The molecule has 3 N–H and O–H groups in total. The first-order valence-electron chi connectivity index (χ1n) is 7.07. The van der Waals surface area contributed by atoms with E-state index in [-0.39, 0.29) is 24.5 Å². The summed E-state index contributed by atoms with van der Waals surface area (Å²) >= 11 is 0. The number of nitrogen functional groups attached to an aromatic ring is 1. The van der Waals surface area contributed by atoms with E-state index in [4.69, 9.17) is 10.5 Å². The molecule has 1 aliphatic carbocycles. The molecule has 0 aromatic heterocycles. The summed E-state index contributed by atoms with van der Waals surface area (Å²) in [5.41, 5.74) is 6.28. The molecule has 1 aliphatic heterocycles. The fraction of sp³-hybridized carbons (Fsp3) is 0.533. The number of benzene rings is 1. The van der Waals surface area contributed by atoms with Crippen LogP contribution in [0.2, 0.25) is 0 Å². The maximum absolute atomic E-state index is 12.1. The number of hydrogen-bond donors (Lipinski definition) is 2. The quantitative estimate of drug-likeness (QED) is 0.803. The first kappa shape index (κ1) is 13.2. The van der Waals surface area contributed by atoms with Gasteiger partial charge in [0.05, 0.1) is 6.10 Å². The van der Waals surface area contributed by atoms with E-state index in [0.29, 0.717) is 23.9 Å². The van der Waals surface area contributed by atoms with E-state index in [2.05, 4.69) is 0 Å². The first-order valence-corrected chi connectivity index (χ1v) is 7.07. The smallest absolute Gasteiger partial charge is 0.260 e. The van der Waals surface area contributed by atoms with Crippen LogP contribution in [0.4, 0.5) is 5.69 Å². The van der Waals surface area contributed by atoms with Crippen LogP contribution in [0.1, 0.15) is 12.8 Å². The summed E-state index contributed by atoms with van der Waals surface area (Å²) in [5, 5.41) is 9.85. The van der Waals surface area contributed by atoms with Gasteiger partial charge in [0.15, 0.2) is 6.61 Å². The summed E-state index contributed by atoms with van der Waals surface area (Å²) in [6, 6.07) is 7.06. The number of likely N-dealkylation sites (tertiary alicyclic amines) is 1. The van der Waals surface area contributed by atoms with Crippen LogP contribution in [-0.2, 0) is 4.79 Å². The van der Waals surface area contributed by atoms with Crippen molar-refractivity contribution in [1.82, 2.24) is 4.90 Å². The second-order valence-electron chi connectivity index (χ2n) is 5.73. The van der Waals surface area contributed by atoms with Crippen LogP contribution in [0.5, 0.6) is 5.75 Å². The van der Waals surface area contributed by atoms with Crippen molar-refractivity contribution in [3.8, 4) is 5.75 Å². The lowest BCUT2D eigenvalue weighted by atomic mass is 10.00. The summed E-state index contributed by atoms with van der Waals surface area (Å²) in [5.74, 6) is 1.31. The molecule has 3 rings (SSSR count). The van der Waals surface area contributed by atoms with Gasteiger partial charge in [-0.15, -0.1) is 0 Å². The Morgan fingerprint density at radius 3 is 3.00 bits per heavy atom. The Bertz CT molecular complexity index is 506. The van der Waals surface area contributed by atoms with E-state index in [9.17, 15) is 9.90 Å². The fourth-order valence-corrected chi connectivity index (χ4v) is 3.28. The van der Waals surface area contributed by atoms with E-state index in [1.54, 1.807) is 24.3 Å². The second kappa shape index (κ2) is 5.32. The van der Waals surface area contributed by atoms with E-state index < -0.39 is 0 Å². The van der Waals surface area contributed by atoms with Gasteiger partial charge in [-0.3, -0.25) is 4.79 Å². The number of carbonyl (C=O) groups is 1. The highest BCUT2D eigenvalue weighted by Gasteiger charge is 2.43. The highest BCUT2D eigenvalue weighted by molar-refractivity contribution is 5.78. The van der Waals surface area contributed by atoms with Gasteiger partial charge in [-0.1, -0.05) is 6.07 Å². The first-order chi connectivity index (χ1) is 9.63. The minimum absolute atomic E-state index is 0.0194. The Hall–Kier alpha value is -1.75. The molecule has 1 aromatic rings. The predicted molar refractivity (Wildman–Crippen MR) is 75.2 cm³/mol. The number of amides is 1. The van der Waals surface area contributed by atoms with Crippen LogP contribution in [0.3, 0.4) is 0 Å².